The van der Waals surface area contributed by atoms with Gasteiger partial charge < -0.3 is 20.1 Å². The van der Waals surface area contributed by atoms with Crippen molar-refractivity contribution in [3.63, 3.8) is 0 Å². The summed E-state index contributed by atoms with van der Waals surface area (Å²) in [5, 5.41) is 13.2. The number of hydrogen-bond acceptors (Lipinski definition) is 5. The molecule has 7 nitrogen and oxygen atoms in total. The van der Waals surface area contributed by atoms with E-state index in [1.165, 1.54) is 0 Å². The van der Waals surface area contributed by atoms with Crippen LogP contribution in [0.4, 0.5) is 5.82 Å². The first-order valence-electron chi connectivity index (χ1n) is 7.69. The molecular formula is C16H20N4O3. The molecule has 3 N–H and O–H groups in total. The Hall–Kier alpha value is -2.54. The summed E-state index contributed by atoms with van der Waals surface area (Å²) in [5.41, 5.74) is 2.08. The van der Waals surface area contributed by atoms with E-state index in [1.54, 1.807) is 6.07 Å². The van der Waals surface area contributed by atoms with Gasteiger partial charge in [-0.1, -0.05) is 12.1 Å². The predicted molar refractivity (Wildman–Crippen MR) is 85.7 cm³/mol. The largest absolute Gasteiger partial charge is 0.490 e. The molecule has 1 aliphatic heterocycles. The summed E-state index contributed by atoms with van der Waals surface area (Å²) in [4.78, 5) is 12.1. The topological polar surface area (TPSA) is 88.3 Å². The lowest BCUT2D eigenvalue weighted by Crippen LogP contribution is -2.25. The Morgan fingerprint density at radius 3 is 2.87 bits per heavy atom. The summed E-state index contributed by atoms with van der Waals surface area (Å²) in [7, 11) is 0. The predicted octanol–water partition coefficient (Wildman–Crippen LogP) is 1.47. The molecule has 1 amide bonds. The number of aromatic nitrogens is 2. The molecule has 0 aliphatic carbocycles. The molecule has 0 bridgehead atoms. The van der Waals surface area contributed by atoms with Gasteiger partial charge in [0.15, 0.2) is 23.9 Å². The Balaban J connectivity index is 1.59. The molecule has 0 unspecified atom stereocenters. The number of aromatic amines is 1. The Bertz CT molecular complexity index is 684. The van der Waals surface area contributed by atoms with Crippen molar-refractivity contribution in [2.45, 2.75) is 19.9 Å². The van der Waals surface area contributed by atoms with Gasteiger partial charge in [0.2, 0.25) is 0 Å². The monoisotopic (exact) mass is 316 g/mol. The van der Waals surface area contributed by atoms with Crippen LogP contribution in [-0.2, 0) is 17.8 Å². The molecule has 2 heterocycles. The second-order valence-electron chi connectivity index (χ2n) is 5.17. The molecule has 1 aromatic carbocycles. The van der Waals surface area contributed by atoms with Crippen LogP contribution in [-0.4, -0.2) is 35.9 Å². The Kier molecular flexibility index (Phi) is 4.77. The van der Waals surface area contributed by atoms with Crippen LogP contribution in [0.15, 0.2) is 24.3 Å². The van der Waals surface area contributed by atoms with Crippen molar-refractivity contribution < 1.29 is 14.3 Å². The van der Waals surface area contributed by atoms with Gasteiger partial charge in [0.05, 0.1) is 6.61 Å². The molecule has 1 aliphatic rings. The third-order valence-electron chi connectivity index (χ3n) is 3.57. The minimum atomic E-state index is -0.254. The van der Waals surface area contributed by atoms with Gasteiger partial charge in [0.25, 0.3) is 5.91 Å². The summed E-state index contributed by atoms with van der Waals surface area (Å²) in [5.74, 6) is 1.49. The van der Waals surface area contributed by atoms with Crippen molar-refractivity contribution in [3.8, 4) is 11.5 Å². The van der Waals surface area contributed by atoms with E-state index in [1.807, 2.05) is 25.1 Å². The van der Waals surface area contributed by atoms with E-state index in [4.69, 9.17) is 9.47 Å². The Morgan fingerprint density at radius 2 is 2.09 bits per heavy atom. The lowest BCUT2D eigenvalue weighted by Gasteiger charge is -2.14. The number of carbonyl (C=O) groups excluding carboxylic acids is 1. The van der Waals surface area contributed by atoms with Gasteiger partial charge in [-0.05, 0) is 19.1 Å². The van der Waals surface area contributed by atoms with Gasteiger partial charge in [-0.3, -0.25) is 9.89 Å². The normalized spacial score (nSPS) is 13.3. The van der Waals surface area contributed by atoms with E-state index in [0.717, 1.165) is 24.2 Å². The number of nitrogens with one attached hydrogen (secondary N) is 3. The van der Waals surface area contributed by atoms with E-state index < -0.39 is 0 Å². The lowest BCUT2D eigenvalue weighted by molar-refractivity contribution is -0.118. The summed E-state index contributed by atoms with van der Waals surface area (Å²) in [6, 6.07) is 7.29. The van der Waals surface area contributed by atoms with Crippen LogP contribution in [0.3, 0.4) is 0 Å². The van der Waals surface area contributed by atoms with Gasteiger partial charge in [0, 0.05) is 30.8 Å². The first-order valence-corrected chi connectivity index (χ1v) is 7.69. The highest BCUT2D eigenvalue weighted by Gasteiger charge is 2.18. The van der Waals surface area contributed by atoms with E-state index in [-0.39, 0.29) is 12.5 Å². The quantitative estimate of drug-likeness (QED) is 0.751. The molecule has 0 radical (unpaired) electrons. The van der Waals surface area contributed by atoms with E-state index in [9.17, 15) is 4.79 Å². The molecule has 0 spiro atoms. The second-order valence-corrected chi connectivity index (χ2v) is 5.17. The first kappa shape index (κ1) is 15.4. The van der Waals surface area contributed by atoms with Gasteiger partial charge in [-0.2, -0.15) is 5.10 Å². The molecule has 2 aromatic rings. The van der Waals surface area contributed by atoms with Crippen LogP contribution >= 0.6 is 0 Å². The number of rotatable bonds is 6. The third-order valence-corrected chi connectivity index (χ3v) is 3.57. The minimum Gasteiger partial charge on any atom is -0.490 e. The number of nitrogens with zero attached hydrogens (tertiary/aromatic N) is 1. The van der Waals surface area contributed by atoms with Gasteiger partial charge in [-0.25, -0.2) is 0 Å². The van der Waals surface area contributed by atoms with Crippen molar-refractivity contribution in [2.75, 3.05) is 25.1 Å². The summed E-state index contributed by atoms with van der Waals surface area (Å²) >= 11 is 0. The number of benzene rings is 1. The maximum Gasteiger partial charge on any atom is 0.263 e. The fourth-order valence-corrected chi connectivity index (χ4v) is 2.48. The highest BCUT2D eigenvalue weighted by Crippen LogP contribution is 2.26. The molecule has 0 atom stereocenters. The van der Waals surface area contributed by atoms with Gasteiger partial charge >= 0.3 is 0 Å². The van der Waals surface area contributed by atoms with Crippen molar-refractivity contribution in [3.05, 3.63) is 35.5 Å². The SMILES string of the molecule is CCOc1ccccc1OCC(=O)Nc1n[nH]c2c1CNCC2. The molecule has 0 fully saturated rings. The van der Waals surface area contributed by atoms with Crippen molar-refractivity contribution in [1.29, 1.82) is 0 Å². The molecule has 122 valence electrons. The molecule has 7 heteroatoms. The highest BCUT2D eigenvalue weighted by atomic mass is 16.5. The fraction of sp³-hybridized carbons (Fsp3) is 0.375. The molecule has 1 aromatic heterocycles. The zero-order valence-electron chi connectivity index (χ0n) is 13.0. The number of carbonyl (C=O) groups is 1. The lowest BCUT2D eigenvalue weighted by atomic mass is 10.1. The van der Waals surface area contributed by atoms with E-state index >= 15 is 0 Å². The number of fused-ring (bicyclic) bond motifs is 1. The molecule has 3 rings (SSSR count). The minimum absolute atomic E-state index is 0.0981. The zero-order valence-corrected chi connectivity index (χ0v) is 13.0. The van der Waals surface area contributed by atoms with Crippen LogP contribution < -0.4 is 20.1 Å². The van der Waals surface area contributed by atoms with Crippen LogP contribution in [0, 0.1) is 0 Å². The maximum absolute atomic E-state index is 12.1. The van der Waals surface area contributed by atoms with Crippen LogP contribution in [0.2, 0.25) is 0 Å². The number of anilines is 1. The molecule has 0 saturated carbocycles. The van der Waals surface area contributed by atoms with Crippen LogP contribution in [0.5, 0.6) is 11.5 Å². The number of amides is 1. The van der Waals surface area contributed by atoms with Crippen molar-refractivity contribution in [2.24, 2.45) is 0 Å². The zero-order chi connectivity index (χ0) is 16.1. The van der Waals surface area contributed by atoms with E-state index in [0.29, 0.717) is 30.5 Å². The number of para-hydroxylation sites is 2. The third kappa shape index (κ3) is 3.62. The first-order chi connectivity index (χ1) is 11.3. The Labute approximate surface area is 134 Å². The number of H-pyrrole nitrogens is 1. The summed E-state index contributed by atoms with van der Waals surface area (Å²) in [6.07, 6.45) is 0.885. The average Bonchev–Trinajstić information content (AvgIpc) is 2.98. The standard InChI is InChI=1S/C16H20N4O3/c1-2-22-13-5-3-4-6-14(13)23-10-15(21)18-16-11-9-17-8-7-12(11)19-20-16/h3-6,17H,2,7-10H2,1H3,(H2,18,19,20,21). The van der Waals surface area contributed by atoms with Crippen molar-refractivity contribution >= 4 is 11.7 Å². The fourth-order valence-electron chi connectivity index (χ4n) is 2.48. The molecular weight excluding hydrogens is 296 g/mol. The maximum atomic E-state index is 12.1. The van der Waals surface area contributed by atoms with Crippen LogP contribution in [0.25, 0.3) is 0 Å². The number of hydrogen-bond donors (Lipinski definition) is 3. The smallest absolute Gasteiger partial charge is 0.263 e. The second kappa shape index (κ2) is 7.15. The molecule has 23 heavy (non-hydrogen) atoms. The number of ether oxygens (including phenoxy) is 2. The van der Waals surface area contributed by atoms with E-state index in [2.05, 4.69) is 20.8 Å². The average molecular weight is 316 g/mol. The highest BCUT2D eigenvalue weighted by molar-refractivity contribution is 5.91. The van der Waals surface area contributed by atoms with Crippen molar-refractivity contribution in [1.82, 2.24) is 15.5 Å². The Morgan fingerprint density at radius 1 is 1.30 bits per heavy atom. The summed E-state index contributed by atoms with van der Waals surface area (Å²) < 4.78 is 11.0. The van der Waals surface area contributed by atoms with Crippen LogP contribution in [0.1, 0.15) is 18.2 Å². The summed E-state index contributed by atoms with van der Waals surface area (Å²) in [6.45, 7) is 3.96. The van der Waals surface area contributed by atoms with Gasteiger partial charge in [0.1, 0.15) is 0 Å². The van der Waals surface area contributed by atoms with Gasteiger partial charge in [-0.15, -0.1) is 0 Å². The molecule has 0 saturated heterocycles.